The monoisotopic (exact) mass is 262 g/mol. The molecule has 0 bridgehead atoms. The van der Waals surface area contributed by atoms with Crippen molar-refractivity contribution in [2.45, 2.75) is 26.2 Å². The lowest BCUT2D eigenvalue weighted by atomic mass is 9.99. The normalized spacial score (nSPS) is 15.8. The van der Waals surface area contributed by atoms with Crippen molar-refractivity contribution in [2.24, 2.45) is 0 Å². The summed E-state index contributed by atoms with van der Waals surface area (Å²) in [5, 5.41) is 0. The van der Waals surface area contributed by atoms with E-state index in [1.54, 1.807) is 0 Å². The zero-order chi connectivity index (χ0) is 14.2. The van der Waals surface area contributed by atoms with Crippen molar-refractivity contribution >= 4 is 12.2 Å². The lowest BCUT2D eigenvalue weighted by molar-refractivity contribution is 0.818. The van der Waals surface area contributed by atoms with Crippen LogP contribution in [0.4, 0.5) is 0 Å². The van der Waals surface area contributed by atoms with Crippen LogP contribution in [0.15, 0.2) is 66.7 Å². The Bertz CT molecular complexity index is 576. The highest BCUT2D eigenvalue weighted by molar-refractivity contribution is 5.62. The van der Waals surface area contributed by atoms with Gasteiger partial charge in [0.05, 0.1) is 0 Å². The van der Waals surface area contributed by atoms with Crippen LogP contribution in [0.1, 0.15) is 42.9 Å². The van der Waals surface area contributed by atoms with Crippen molar-refractivity contribution < 1.29 is 0 Å². The Morgan fingerprint density at radius 3 is 2.35 bits per heavy atom. The predicted molar refractivity (Wildman–Crippen MR) is 89.7 cm³/mol. The number of fused-ring (bicyclic) bond motifs is 1. The third-order valence-electron chi connectivity index (χ3n) is 3.50. The van der Waals surface area contributed by atoms with Gasteiger partial charge in [-0.15, -0.1) is 0 Å². The van der Waals surface area contributed by atoms with Crippen molar-refractivity contribution in [1.82, 2.24) is 0 Å². The van der Waals surface area contributed by atoms with Gasteiger partial charge in [0.15, 0.2) is 0 Å². The molecule has 1 atom stereocenters. The first kappa shape index (κ1) is 14.3. The van der Waals surface area contributed by atoms with Crippen LogP contribution in [-0.4, -0.2) is 0 Å². The standard InChI is InChI=1S/C11H12.C9H10/c1-2-9-7-8-10-5-3-4-6-11(9)10;1-2-6-9-7-4-3-5-8-9/h3-9H,2H2,1H3;2-8H,1H3. The van der Waals surface area contributed by atoms with Gasteiger partial charge in [-0.1, -0.05) is 85.8 Å². The van der Waals surface area contributed by atoms with E-state index in [-0.39, 0.29) is 0 Å². The van der Waals surface area contributed by atoms with Gasteiger partial charge in [0.25, 0.3) is 0 Å². The van der Waals surface area contributed by atoms with Crippen molar-refractivity contribution in [3.05, 3.63) is 83.4 Å². The molecule has 0 heteroatoms. The van der Waals surface area contributed by atoms with Gasteiger partial charge in [0.2, 0.25) is 0 Å². The molecule has 0 aromatic heterocycles. The molecule has 0 heterocycles. The molecule has 0 N–H and O–H groups in total. The van der Waals surface area contributed by atoms with E-state index in [2.05, 4.69) is 61.5 Å². The third kappa shape index (κ3) is 3.71. The largest absolute Gasteiger partial charge is 0.0871 e. The first-order chi connectivity index (χ1) is 9.85. The van der Waals surface area contributed by atoms with E-state index < -0.39 is 0 Å². The fourth-order valence-corrected chi connectivity index (χ4v) is 2.44. The minimum Gasteiger partial charge on any atom is -0.0871 e. The van der Waals surface area contributed by atoms with E-state index in [1.807, 2.05) is 31.2 Å². The zero-order valence-electron chi connectivity index (χ0n) is 12.3. The highest BCUT2D eigenvalue weighted by Gasteiger charge is 2.13. The number of rotatable bonds is 2. The third-order valence-corrected chi connectivity index (χ3v) is 3.50. The molecular formula is C20H22. The first-order valence-corrected chi connectivity index (χ1v) is 7.30. The Morgan fingerprint density at radius 1 is 0.950 bits per heavy atom. The molecule has 0 aliphatic heterocycles. The lowest BCUT2D eigenvalue weighted by Crippen LogP contribution is -1.89. The van der Waals surface area contributed by atoms with E-state index in [9.17, 15) is 0 Å². The summed E-state index contributed by atoms with van der Waals surface area (Å²) in [4.78, 5) is 0. The van der Waals surface area contributed by atoms with Gasteiger partial charge < -0.3 is 0 Å². The van der Waals surface area contributed by atoms with Gasteiger partial charge in [0, 0.05) is 5.92 Å². The van der Waals surface area contributed by atoms with Gasteiger partial charge >= 0.3 is 0 Å². The Kier molecular flexibility index (Phi) is 5.37. The molecule has 1 aliphatic carbocycles. The van der Waals surface area contributed by atoms with Crippen molar-refractivity contribution in [2.75, 3.05) is 0 Å². The van der Waals surface area contributed by atoms with Crippen LogP contribution in [0, 0.1) is 0 Å². The maximum Gasteiger partial charge on any atom is 0.00246 e. The topological polar surface area (TPSA) is 0 Å². The fraction of sp³-hybridized carbons (Fsp3) is 0.200. The number of allylic oxidation sites excluding steroid dienone is 2. The Balaban J connectivity index is 0.000000151. The summed E-state index contributed by atoms with van der Waals surface area (Å²) >= 11 is 0. The number of hydrogen-bond donors (Lipinski definition) is 0. The summed E-state index contributed by atoms with van der Waals surface area (Å²) in [6.45, 7) is 4.25. The van der Waals surface area contributed by atoms with Gasteiger partial charge in [-0.05, 0) is 30.0 Å². The van der Waals surface area contributed by atoms with Crippen LogP contribution in [0.5, 0.6) is 0 Å². The highest BCUT2D eigenvalue weighted by Crippen LogP contribution is 2.31. The van der Waals surface area contributed by atoms with Gasteiger partial charge in [-0.25, -0.2) is 0 Å². The van der Waals surface area contributed by atoms with Crippen molar-refractivity contribution in [3.8, 4) is 0 Å². The van der Waals surface area contributed by atoms with Crippen LogP contribution in [-0.2, 0) is 0 Å². The molecule has 2 aromatic carbocycles. The molecule has 102 valence electrons. The van der Waals surface area contributed by atoms with Gasteiger partial charge in [-0.2, -0.15) is 0 Å². The summed E-state index contributed by atoms with van der Waals surface area (Å²) in [7, 11) is 0. The highest BCUT2D eigenvalue weighted by atomic mass is 14.2. The quantitative estimate of drug-likeness (QED) is 0.629. The lowest BCUT2D eigenvalue weighted by Gasteiger charge is -2.05. The molecule has 0 saturated heterocycles. The Morgan fingerprint density at radius 2 is 1.65 bits per heavy atom. The second kappa shape index (κ2) is 7.49. The molecule has 2 aromatic rings. The van der Waals surface area contributed by atoms with E-state index in [4.69, 9.17) is 0 Å². The molecule has 1 unspecified atom stereocenters. The van der Waals surface area contributed by atoms with E-state index in [0.29, 0.717) is 5.92 Å². The minimum atomic E-state index is 0.672. The fourth-order valence-electron chi connectivity index (χ4n) is 2.44. The predicted octanol–water partition coefficient (Wildman–Crippen LogP) is 5.93. The SMILES string of the molecule is CC=Cc1ccccc1.CCC1C=Cc2ccccc21. The second-order valence-electron chi connectivity index (χ2n) is 4.91. The van der Waals surface area contributed by atoms with E-state index >= 15 is 0 Å². The smallest absolute Gasteiger partial charge is 0.00246 e. The number of benzene rings is 2. The molecule has 1 aliphatic rings. The zero-order valence-corrected chi connectivity index (χ0v) is 12.3. The molecule has 0 saturated carbocycles. The average molecular weight is 262 g/mol. The van der Waals surface area contributed by atoms with E-state index in [1.165, 1.54) is 23.1 Å². The van der Waals surface area contributed by atoms with Crippen LogP contribution in [0.25, 0.3) is 12.2 Å². The van der Waals surface area contributed by atoms with Crippen molar-refractivity contribution in [3.63, 3.8) is 0 Å². The molecule has 0 fully saturated rings. The van der Waals surface area contributed by atoms with Gasteiger partial charge in [0.1, 0.15) is 0 Å². The average Bonchev–Trinajstić information content (AvgIpc) is 2.92. The van der Waals surface area contributed by atoms with Crippen LogP contribution in [0.3, 0.4) is 0 Å². The van der Waals surface area contributed by atoms with Crippen molar-refractivity contribution in [1.29, 1.82) is 0 Å². The summed E-state index contributed by atoms with van der Waals surface area (Å²) < 4.78 is 0. The minimum absolute atomic E-state index is 0.672. The first-order valence-electron chi connectivity index (χ1n) is 7.30. The van der Waals surface area contributed by atoms with E-state index in [0.717, 1.165) is 0 Å². The molecule has 0 amide bonds. The summed E-state index contributed by atoms with van der Waals surface area (Å²) in [6.07, 6.45) is 9.86. The molecule has 0 nitrogen and oxygen atoms in total. The molecule has 3 rings (SSSR count). The van der Waals surface area contributed by atoms with Crippen LogP contribution in [0.2, 0.25) is 0 Å². The Labute approximate surface area is 122 Å². The molecule has 0 radical (unpaired) electrons. The summed E-state index contributed by atoms with van der Waals surface area (Å²) in [5.74, 6) is 0.672. The van der Waals surface area contributed by atoms with Gasteiger partial charge in [-0.3, -0.25) is 0 Å². The van der Waals surface area contributed by atoms with Crippen LogP contribution >= 0.6 is 0 Å². The summed E-state index contributed by atoms with van der Waals surface area (Å²) in [5.41, 5.74) is 4.16. The molecular weight excluding hydrogens is 240 g/mol. The molecule has 20 heavy (non-hydrogen) atoms. The maximum atomic E-state index is 2.30. The second-order valence-corrected chi connectivity index (χ2v) is 4.91. The number of hydrogen-bond acceptors (Lipinski definition) is 0. The summed E-state index contributed by atoms with van der Waals surface area (Å²) in [6, 6.07) is 18.9. The molecule has 0 spiro atoms. The van der Waals surface area contributed by atoms with Crippen LogP contribution < -0.4 is 0 Å². The Hall–Kier alpha value is -2.08. The maximum absolute atomic E-state index is 2.30.